The van der Waals surface area contributed by atoms with Crippen LogP contribution in [0.15, 0.2) is 40.3 Å². The van der Waals surface area contributed by atoms with Crippen LogP contribution < -0.4 is 5.32 Å². The van der Waals surface area contributed by atoms with Gasteiger partial charge in [0.2, 0.25) is 0 Å². The SMILES string of the molecule is Brc1cc(Nc2ccc3sccc3c2)nc(C2CC2)n1. The molecule has 0 aliphatic heterocycles. The van der Waals surface area contributed by atoms with Crippen LogP contribution in [-0.2, 0) is 0 Å². The summed E-state index contributed by atoms with van der Waals surface area (Å²) in [6, 6.07) is 10.4. The number of aromatic nitrogens is 2. The fourth-order valence-electron chi connectivity index (χ4n) is 2.22. The minimum atomic E-state index is 0.549. The van der Waals surface area contributed by atoms with Gasteiger partial charge in [0.15, 0.2) is 0 Å². The smallest absolute Gasteiger partial charge is 0.135 e. The van der Waals surface area contributed by atoms with Crippen LogP contribution in [0, 0.1) is 0 Å². The quantitative estimate of drug-likeness (QED) is 0.673. The molecule has 0 bridgehead atoms. The second-order valence-corrected chi connectivity index (χ2v) is 6.77. The summed E-state index contributed by atoms with van der Waals surface area (Å²) in [6.07, 6.45) is 2.41. The van der Waals surface area contributed by atoms with Gasteiger partial charge in [0.05, 0.1) is 0 Å². The molecule has 0 atom stereocenters. The van der Waals surface area contributed by atoms with E-state index in [1.807, 2.05) is 6.07 Å². The predicted octanol–water partition coefficient (Wildman–Crippen LogP) is 5.07. The van der Waals surface area contributed by atoms with Gasteiger partial charge >= 0.3 is 0 Å². The number of benzene rings is 1. The number of thiophene rings is 1. The summed E-state index contributed by atoms with van der Waals surface area (Å²) < 4.78 is 2.14. The molecule has 0 unspecified atom stereocenters. The maximum absolute atomic E-state index is 4.61. The van der Waals surface area contributed by atoms with Gasteiger partial charge in [-0.05, 0) is 63.8 Å². The zero-order valence-electron chi connectivity index (χ0n) is 10.6. The molecule has 5 heteroatoms. The molecular formula is C15H12BrN3S. The molecule has 3 aromatic rings. The lowest BCUT2D eigenvalue weighted by Gasteiger charge is -2.08. The highest BCUT2D eigenvalue weighted by Crippen LogP contribution is 2.39. The summed E-state index contributed by atoms with van der Waals surface area (Å²) in [4.78, 5) is 9.06. The molecule has 1 aliphatic rings. The largest absolute Gasteiger partial charge is 0.340 e. The summed E-state index contributed by atoms with van der Waals surface area (Å²) in [6.45, 7) is 0. The van der Waals surface area contributed by atoms with Crippen LogP contribution >= 0.6 is 27.3 Å². The Bertz CT molecular complexity index is 780. The van der Waals surface area contributed by atoms with Gasteiger partial charge in [-0.15, -0.1) is 11.3 Å². The van der Waals surface area contributed by atoms with Gasteiger partial charge in [-0.25, -0.2) is 9.97 Å². The zero-order valence-corrected chi connectivity index (χ0v) is 13.0. The Kier molecular flexibility index (Phi) is 2.97. The third-order valence-corrected chi connectivity index (χ3v) is 4.68. The Morgan fingerprint density at radius 2 is 2.05 bits per heavy atom. The molecule has 3 nitrogen and oxygen atoms in total. The fourth-order valence-corrected chi connectivity index (χ4v) is 3.39. The van der Waals surface area contributed by atoms with E-state index in [-0.39, 0.29) is 0 Å². The second-order valence-electron chi connectivity index (χ2n) is 5.01. The Balaban J connectivity index is 1.67. The van der Waals surface area contributed by atoms with Crippen LogP contribution in [0.5, 0.6) is 0 Å². The predicted molar refractivity (Wildman–Crippen MR) is 86.8 cm³/mol. The van der Waals surface area contributed by atoms with Crippen LogP contribution in [0.1, 0.15) is 24.6 Å². The number of hydrogen-bond acceptors (Lipinski definition) is 4. The third kappa shape index (κ3) is 2.43. The Morgan fingerprint density at radius 3 is 2.90 bits per heavy atom. The van der Waals surface area contributed by atoms with Crippen molar-refractivity contribution in [3.05, 3.63) is 46.1 Å². The van der Waals surface area contributed by atoms with Crippen LogP contribution in [0.3, 0.4) is 0 Å². The highest BCUT2D eigenvalue weighted by molar-refractivity contribution is 9.10. The van der Waals surface area contributed by atoms with Crippen molar-refractivity contribution in [2.24, 2.45) is 0 Å². The summed E-state index contributed by atoms with van der Waals surface area (Å²) in [5.74, 6) is 2.34. The minimum absolute atomic E-state index is 0.549. The average molecular weight is 346 g/mol. The van der Waals surface area contributed by atoms with Crippen molar-refractivity contribution >= 4 is 48.9 Å². The lowest BCUT2D eigenvalue weighted by molar-refractivity contribution is 0.919. The van der Waals surface area contributed by atoms with Crippen LogP contribution in [0.2, 0.25) is 0 Å². The Morgan fingerprint density at radius 1 is 1.15 bits per heavy atom. The topological polar surface area (TPSA) is 37.8 Å². The molecule has 1 aromatic carbocycles. The first-order valence-corrected chi connectivity index (χ1v) is 8.24. The summed E-state index contributed by atoms with van der Waals surface area (Å²) in [5.41, 5.74) is 1.06. The molecular weight excluding hydrogens is 334 g/mol. The van der Waals surface area contributed by atoms with Crippen LogP contribution in [0.4, 0.5) is 11.5 Å². The molecule has 0 radical (unpaired) electrons. The van der Waals surface area contributed by atoms with Crippen molar-refractivity contribution in [2.45, 2.75) is 18.8 Å². The molecule has 1 aliphatic carbocycles. The molecule has 100 valence electrons. The molecule has 2 aromatic heterocycles. The van der Waals surface area contributed by atoms with Crippen molar-refractivity contribution in [3.63, 3.8) is 0 Å². The number of rotatable bonds is 3. The van der Waals surface area contributed by atoms with Gasteiger partial charge in [0.1, 0.15) is 16.2 Å². The number of halogens is 1. The first kappa shape index (κ1) is 12.3. The van der Waals surface area contributed by atoms with Crippen LogP contribution in [0.25, 0.3) is 10.1 Å². The van der Waals surface area contributed by atoms with Gasteiger partial charge in [0.25, 0.3) is 0 Å². The van der Waals surface area contributed by atoms with Gasteiger partial charge < -0.3 is 5.32 Å². The molecule has 2 heterocycles. The van der Waals surface area contributed by atoms with E-state index in [1.165, 1.54) is 22.9 Å². The number of fused-ring (bicyclic) bond motifs is 1. The van der Waals surface area contributed by atoms with Gasteiger partial charge in [-0.3, -0.25) is 0 Å². The van der Waals surface area contributed by atoms with E-state index in [9.17, 15) is 0 Å². The molecule has 1 N–H and O–H groups in total. The maximum Gasteiger partial charge on any atom is 0.135 e. The normalized spacial score (nSPS) is 14.7. The van der Waals surface area contributed by atoms with E-state index in [1.54, 1.807) is 11.3 Å². The van der Waals surface area contributed by atoms with Gasteiger partial charge in [-0.2, -0.15) is 0 Å². The summed E-state index contributed by atoms with van der Waals surface area (Å²) in [5, 5.41) is 6.75. The van der Waals surface area contributed by atoms with Crippen molar-refractivity contribution < 1.29 is 0 Å². The fraction of sp³-hybridized carbons (Fsp3) is 0.200. The first-order valence-electron chi connectivity index (χ1n) is 6.57. The van der Waals surface area contributed by atoms with E-state index in [4.69, 9.17) is 0 Å². The Hall–Kier alpha value is -1.46. The maximum atomic E-state index is 4.61. The molecule has 0 amide bonds. The first-order chi connectivity index (χ1) is 9.78. The average Bonchev–Trinajstić information content (AvgIpc) is 3.17. The highest BCUT2D eigenvalue weighted by Gasteiger charge is 2.27. The third-order valence-electron chi connectivity index (χ3n) is 3.38. The van der Waals surface area contributed by atoms with Crippen LogP contribution in [-0.4, -0.2) is 9.97 Å². The standard InChI is InChI=1S/C15H12BrN3S/c16-13-8-14(19-15(18-13)9-1-2-9)17-11-3-4-12-10(7-11)5-6-20-12/h3-9H,1-2H2,(H,17,18,19). The Labute approximate surface area is 129 Å². The molecule has 20 heavy (non-hydrogen) atoms. The lowest BCUT2D eigenvalue weighted by atomic mass is 10.2. The van der Waals surface area contributed by atoms with Crippen molar-refractivity contribution in [1.82, 2.24) is 9.97 Å². The minimum Gasteiger partial charge on any atom is -0.340 e. The van der Waals surface area contributed by atoms with E-state index >= 15 is 0 Å². The number of anilines is 2. The van der Waals surface area contributed by atoms with E-state index in [0.717, 1.165) is 21.9 Å². The highest BCUT2D eigenvalue weighted by atomic mass is 79.9. The summed E-state index contributed by atoms with van der Waals surface area (Å²) >= 11 is 5.23. The van der Waals surface area contributed by atoms with Crippen molar-refractivity contribution in [2.75, 3.05) is 5.32 Å². The second kappa shape index (κ2) is 4.82. The van der Waals surface area contributed by atoms with Crippen molar-refractivity contribution in [3.8, 4) is 0 Å². The molecule has 1 saturated carbocycles. The monoisotopic (exact) mass is 345 g/mol. The van der Waals surface area contributed by atoms with E-state index in [2.05, 4.69) is 60.9 Å². The summed E-state index contributed by atoms with van der Waals surface area (Å²) in [7, 11) is 0. The lowest BCUT2D eigenvalue weighted by Crippen LogP contribution is -1.99. The zero-order chi connectivity index (χ0) is 13.5. The number of hydrogen-bond donors (Lipinski definition) is 1. The van der Waals surface area contributed by atoms with Crippen molar-refractivity contribution in [1.29, 1.82) is 0 Å². The molecule has 0 spiro atoms. The molecule has 4 rings (SSSR count). The van der Waals surface area contributed by atoms with Gasteiger partial charge in [0, 0.05) is 22.4 Å². The molecule has 1 fully saturated rings. The number of nitrogens with zero attached hydrogens (tertiary/aromatic N) is 2. The number of nitrogens with one attached hydrogen (secondary N) is 1. The van der Waals surface area contributed by atoms with E-state index < -0.39 is 0 Å². The van der Waals surface area contributed by atoms with Gasteiger partial charge in [-0.1, -0.05) is 0 Å². The van der Waals surface area contributed by atoms with E-state index in [0.29, 0.717) is 5.92 Å². The molecule has 0 saturated heterocycles.